The quantitative estimate of drug-likeness (QED) is 0.760. The first-order valence-corrected chi connectivity index (χ1v) is 5.35. The fourth-order valence-electron chi connectivity index (χ4n) is 1.77. The van der Waals surface area contributed by atoms with Gasteiger partial charge >= 0.3 is 0 Å². The average Bonchev–Trinajstić information content (AvgIpc) is 2.23. The molecule has 84 valence electrons. The molecule has 0 spiro atoms. The van der Waals surface area contributed by atoms with Gasteiger partial charge < -0.3 is 4.74 Å². The Morgan fingerprint density at radius 3 is 2.67 bits per heavy atom. The summed E-state index contributed by atoms with van der Waals surface area (Å²) < 4.78 is 6.86. The molecule has 0 N–H and O–H groups in total. The van der Waals surface area contributed by atoms with Crippen molar-refractivity contribution in [1.29, 1.82) is 0 Å². The molecule has 15 heavy (non-hydrogen) atoms. The number of unbranched alkanes of at least 4 members (excludes halogenated alkanes) is 1. The maximum absolute atomic E-state index is 11.7. The molecule has 0 saturated heterocycles. The van der Waals surface area contributed by atoms with Gasteiger partial charge in [0.05, 0.1) is 7.11 Å². The normalized spacial score (nSPS) is 10.4. The molecule has 3 heteroatoms. The number of pyridine rings is 1. The van der Waals surface area contributed by atoms with Gasteiger partial charge in [-0.05, 0) is 25.8 Å². The molecule has 0 saturated carbocycles. The fourth-order valence-corrected chi connectivity index (χ4v) is 1.77. The first-order valence-electron chi connectivity index (χ1n) is 5.35. The molecule has 0 fully saturated rings. The molecule has 0 unspecified atom stereocenters. The Morgan fingerprint density at radius 2 is 2.13 bits per heavy atom. The van der Waals surface area contributed by atoms with E-state index in [1.165, 1.54) is 0 Å². The van der Waals surface area contributed by atoms with Crippen LogP contribution in [-0.4, -0.2) is 11.7 Å². The van der Waals surface area contributed by atoms with Crippen molar-refractivity contribution in [3.63, 3.8) is 0 Å². The summed E-state index contributed by atoms with van der Waals surface area (Å²) in [4.78, 5) is 11.7. The number of rotatable bonds is 4. The van der Waals surface area contributed by atoms with E-state index in [0.29, 0.717) is 5.88 Å². The first kappa shape index (κ1) is 11.8. The van der Waals surface area contributed by atoms with E-state index in [2.05, 4.69) is 6.92 Å². The highest BCUT2D eigenvalue weighted by atomic mass is 16.5. The predicted molar refractivity (Wildman–Crippen MR) is 61.6 cm³/mol. The second-order valence-corrected chi connectivity index (χ2v) is 3.83. The van der Waals surface area contributed by atoms with Gasteiger partial charge in [-0.2, -0.15) is 0 Å². The lowest BCUT2D eigenvalue weighted by molar-refractivity contribution is 0.369. The van der Waals surface area contributed by atoms with Crippen LogP contribution in [0.1, 0.15) is 30.9 Å². The summed E-state index contributed by atoms with van der Waals surface area (Å²) in [7, 11) is 3.36. The van der Waals surface area contributed by atoms with Crippen molar-refractivity contribution in [3.05, 3.63) is 27.5 Å². The minimum Gasteiger partial charge on any atom is -0.482 e. The molecule has 0 aliphatic carbocycles. The number of nitrogens with zero attached hydrogens (tertiary/aromatic N) is 1. The van der Waals surface area contributed by atoms with Gasteiger partial charge in [-0.1, -0.05) is 13.3 Å². The van der Waals surface area contributed by atoms with E-state index in [1.54, 1.807) is 18.7 Å². The maximum atomic E-state index is 11.7. The van der Waals surface area contributed by atoms with E-state index in [0.717, 1.165) is 30.4 Å². The lowest BCUT2D eigenvalue weighted by Crippen LogP contribution is -2.21. The van der Waals surface area contributed by atoms with Crippen LogP contribution in [0.3, 0.4) is 0 Å². The van der Waals surface area contributed by atoms with Crippen LogP contribution < -0.4 is 10.3 Å². The van der Waals surface area contributed by atoms with Crippen molar-refractivity contribution < 1.29 is 4.74 Å². The zero-order valence-corrected chi connectivity index (χ0v) is 9.96. The highest BCUT2D eigenvalue weighted by Crippen LogP contribution is 2.18. The number of ether oxygens (including phenoxy) is 1. The van der Waals surface area contributed by atoms with E-state index in [1.807, 2.05) is 13.0 Å². The maximum Gasteiger partial charge on any atom is 0.255 e. The van der Waals surface area contributed by atoms with Gasteiger partial charge in [0, 0.05) is 18.2 Å². The third-order valence-corrected chi connectivity index (χ3v) is 2.61. The third kappa shape index (κ3) is 2.41. The summed E-state index contributed by atoms with van der Waals surface area (Å²) in [5.74, 6) is 0.694. The smallest absolute Gasteiger partial charge is 0.255 e. The van der Waals surface area contributed by atoms with Crippen LogP contribution in [-0.2, 0) is 13.5 Å². The van der Waals surface area contributed by atoms with Crippen LogP contribution in [0.2, 0.25) is 0 Å². The van der Waals surface area contributed by atoms with Crippen molar-refractivity contribution in [1.82, 2.24) is 4.57 Å². The SMILES string of the molecule is CCCCc1cc(C)c(=O)n(C)c1OC. The van der Waals surface area contributed by atoms with E-state index >= 15 is 0 Å². The predicted octanol–water partition coefficient (Wildman–Crippen LogP) is 2.04. The fraction of sp³-hybridized carbons (Fsp3) is 0.583. The van der Waals surface area contributed by atoms with Crippen LogP contribution >= 0.6 is 0 Å². The topological polar surface area (TPSA) is 31.2 Å². The van der Waals surface area contributed by atoms with Gasteiger partial charge in [-0.25, -0.2) is 0 Å². The van der Waals surface area contributed by atoms with Gasteiger partial charge in [0.1, 0.15) is 0 Å². The molecule has 1 aromatic rings. The molecule has 0 radical (unpaired) electrons. The molecule has 1 heterocycles. The summed E-state index contributed by atoms with van der Waals surface area (Å²) >= 11 is 0. The van der Waals surface area contributed by atoms with Crippen molar-refractivity contribution in [3.8, 4) is 5.88 Å². The molecule has 0 aliphatic heterocycles. The molecule has 1 rings (SSSR count). The van der Waals surface area contributed by atoms with Gasteiger partial charge in [0.15, 0.2) is 5.88 Å². The Bertz CT molecular complexity index is 393. The average molecular weight is 209 g/mol. The summed E-state index contributed by atoms with van der Waals surface area (Å²) in [5, 5.41) is 0. The van der Waals surface area contributed by atoms with Crippen LogP contribution in [0.4, 0.5) is 0 Å². The second kappa shape index (κ2) is 5.01. The Balaban J connectivity index is 3.19. The van der Waals surface area contributed by atoms with Crippen LogP contribution in [0.5, 0.6) is 5.88 Å². The summed E-state index contributed by atoms with van der Waals surface area (Å²) in [6.45, 7) is 4.00. The van der Waals surface area contributed by atoms with E-state index in [9.17, 15) is 4.79 Å². The van der Waals surface area contributed by atoms with Crippen LogP contribution in [0.15, 0.2) is 10.9 Å². The molecule has 0 aliphatic rings. The number of aryl methyl sites for hydroxylation is 2. The van der Waals surface area contributed by atoms with Gasteiger partial charge in [0.25, 0.3) is 5.56 Å². The molecule has 1 aromatic heterocycles. The van der Waals surface area contributed by atoms with Gasteiger partial charge in [-0.15, -0.1) is 0 Å². The van der Waals surface area contributed by atoms with E-state index in [-0.39, 0.29) is 5.56 Å². The van der Waals surface area contributed by atoms with Crippen molar-refractivity contribution in [2.75, 3.05) is 7.11 Å². The van der Waals surface area contributed by atoms with E-state index < -0.39 is 0 Å². The van der Waals surface area contributed by atoms with Crippen molar-refractivity contribution in [2.45, 2.75) is 33.1 Å². The standard InChI is InChI=1S/C12H19NO2/c1-5-6-7-10-8-9(2)11(14)13(3)12(10)15-4/h8H,5-7H2,1-4H3. The molecular weight excluding hydrogens is 190 g/mol. The minimum atomic E-state index is 0.0205. The zero-order valence-electron chi connectivity index (χ0n) is 9.96. The highest BCUT2D eigenvalue weighted by Gasteiger charge is 2.09. The second-order valence-electron chi connectivity index (χ2n) is 3.83. The van der Waals surface area contributed by atoms with Gasteiger partial charge in [-0.3, -0.25) is 9.36 Å². The molecule has 0 amide bonds. The Kier molecular flexibility index (Phi) is 3.95. The number of hydrogen-bond acceptors (Lipinski definition) is 2. The zero-order chi connectivity index (χ0) is 11.4. The Hall–Kier alpha value is -1.25. The lowest BCUT2D eigenvalue weighted by atomic mass is 10.1. The highest BCUT2D eigenvalue weighted by molar-refractivity contribution is 5.31. The summed E-state index contributed by atoms with van der Waals surface area (Å²) in [6.07, 6.45) is 3.23. The van der Waals surface area contributed by atoms with Crippen molar-refractivity contribution in [2.24, 2.45) is 7.05 Å². The number of methoxy groups -OCH3 is 1. The number of aromatic nitrogens is 1. The minimum absolute atomic E-state index is 0.0205. The lowest BCUT2D eigenvalue weighted by Gasteiger charge is -2.13. The molecule has 0 bridgehead atoms. The largest absolute Gasteiger partial charge is 0.482 e. The number of hydrogen-bond donors (Lipinski definition) is 0. The first-order chi connectivity index (χ1) is 7.11. The molecule has 0 atom stereocenters. The summed E-state index contributed by atoms with van der Waals surface area (Å²) in [5.41, 5.74) is 1.93. The van der Waals surface area contributed by atoms with Crippen LogP contribution in [0, 0.1) is 6.92 Å². The molecule has 0 aromatic carbocycles. The molecular formula is C12H19NO2. The summed E-state index contributed by atoms with van der Waals surface area (Å²) in [6, 6.07) is 1.94. The van der Waals surface area contributed by atoms with E-state index in [4.69, 9.17) is 4.74 Å². The Morgan fingerprint density at radius 1 is 1.47 bits per heavy atom. The van der Waals surface area contributed by atoms with Gasteiger partial charge in [0.2, 0.25) is 0 Å². The third-order valence-electron chi connectivity index (χ3n) is 2.61. The van der Waals surface area contributed by atoms with Crippen LogP contribution in [0.25, 0.3) is 0 Å². The molecule has 3 nitrogen and oxygen atoms in total. The Labute approximate surface area is 90.7 Å². The van der Waals surface area contributed by atoms with Crippen molar-refractivity contribution >= 4 is 0 Å². The monoisotopic (exact) mass is 209 g/mol.